The third-order valence-corrected chi connectivity index (χ3v) is 1.80. The Morgan fingerprint density at radius 3 is 2.67 bits per heavy atom. The first-order valence-corrected chi connectivity index (χ1v) is 4.61. The molecule has 0 aliphatic rings. The van der Waals surface area contributed by atoms with E-state index < -0.39 is 0 Å². The van der Waals surface area contributed by atoms with Crippen molar-refractivity contribution < 1.29 is 0 Å². The van der Waals surface area contributed by atoms with Gasteiger partial charge in [-0.25, -0.2) is 4.99 Å². The molecule has 0 spiro atoms. The van der Waals surface area contributed by atoms with E-state index in [2.05, 4.69) is 18.0 Å². The van der Waals surface area contributed by atoms with Gasteiger partial charge >= 0.3 is 0 Å². The fourth-order valence-corrected chi connectivity index (χ4v) is 0.820. The second-order valence-electron chi connectivity index (χ2n) is 2.58. The molecule has 0 unspecified atom stereocenters. The highest BCUT2D eigenvalue weighted by Crippen LogP contribution is 2.04. The molecule has 0 rings (SSSR count). The van der Waals surface area contributed by atoms with Crippen LogP contribution >= 0.6 is 11.6 Å². The maximum Gasteiger partial charge on any atom is 0.131 e. The van der Waals surface area contributed by atoms with Crippen LogP contribution in [0.5, 0.6) is 0 Å². The van der Waals surface area contributed by atoms with Crippen LogP contribution in [0, 0.1) is 0 Å². The molecule has 0 aromatic rings. The van der Waals surface area contributed by atoms with Crippen molar-refractivity contribution in [2.45, 2.75) is 33.6 Å². The summed E-state index contributed by atoms with van der Waals surface area (Å²) in [5.41, 5.74) is 1.05. The van der Waals surface area contributed by atoms with Crippen LogP contribution in [-0.4, -0.2) is 5.17 Å². The van der Waals surface area contributed by atoms with Crippen LogP contribution in [0.4, 0.5) is 0 Å². The molecule has 0 saturated heterocycles. The molecular weight excluding hydrogens is 170 g/mol. The lowest BCUT2D eigenvalue weighted by atomic mass is 10.2. The summed E-state index contributed by atoms with van der Waals surface area (Å²) in [6, 6.07) is 0. The maximum absolute atomic E-state index is 5.88. The molecule has 0 heterocycles. The van der Waals surface area contributed by atoms with Gasteiger partial charge in [-0.1, -0.05) is 37.1 Å². The number of nitrogens with zero attached hydrogens (tertiary/aromatic N) is 1. The van der Waals surface area contributed by atoms with E-state index in [4.69, 9.17) is 11.6 Å². The lowest BCUT2D eigenvalue weighted by Gasteiger charge is -1.95. The average Bonchev–Trinajstić information content (AvgIpc) is 2.10. The van der Waals surface area contributed by atoms with Gasteiger partial charge in [-0.3, -0.25) is 0 Å². The molecule has 0 radical (unpaired) electrons. The van der Waals surface area contributed by atoms with Crippen molar-refractivity contribution in [3.63, 3.8) is 0 Å². The van der Waals surface area contributed by atoms with Gasteiger partial charge in [0.25, 0.3) is 0 Å². The summed E-state index contributed by atoms with van der Waals surface area (Å²) in [6.07, 6.45) is 7.87. The van der Waals surface area contributed by atoms with E-state index in [9.17, 15) is 0 Å². The molecule has 2 heteroatoms. The summed E-state index contributed by atoms with van der Waals surface area (Å²) < 4.78 is 0. The maximum atomic E-state index is 5.88. The van der Waals surface area contributed by atoms with Crippen LogP contribution < -0.4 is 0 Å². The van der Waals surface area contributed by atoms with E-state index in [1.54, 1.807) is 6.20 Å². The summed E-state index contributed by atoms with van der Waals surface area (Å²) in [4.78, 5) is 4.03. The zero-order valence-corrected chi connectivity index (χ0v) is 8.73. The van der Waals surface area contributed by atoms with E-state index in [0.717, 1.165) is 18.4 Å². The van der Waals surface area contributed by atoms with Crippen LogP contribution in [-0.2, 0) is 0 Å². The molecular formula is C10H16ClN. The number of allylic oxidation sites excluding steroid dienone is 3. The molecule has 0 N–H and O–H groups in total. The van der Waals surface area contributed by atoms with Crippen LogP contribution in [0.25, 0.3) is 0 Å². The van der Waals surface area contributed by atoms with Crippen molar-refractivity contribution in [1.29, 1.82) is 0 Å². The van der Waals surface area contributed by atoms with E-state index in [-0.39, 0.29) is 0 Å². The Balaban J connectivity index is 4.16. The third-order valence-electron chi connectivity index (χ3n) is 1.40. The quantitative estimate of drug-likeness (QED) is 0.589. The average molecular weight is 186 g/mol. The fourth-order valence-electron chi connectivity index (χ4n) is 0.687. The Bertz CT molecular complexity index is 202. The molecule has 0 bridgehead atoms. The highest BCUT2D eigenvalue weighted by atomic mass is 35.5. The standard InChI is InChI=1S/C10H16ClN/c1-4-6-7-9(3)10(11)12-8-5-2/h5,7-8H,4,6H2,1-3H3/b8-5-,9-7+,12-10+. The van der Waals surface area contributed by atoms with Crippen molar-refractivity contribution in [3.8, 4) is 0 Å². The molecule has 0 amide bonds. The predicted molar refractivity (Wildman–Crippen MR) is 56.8 cm³/mol. The Labute approximate surface area is 79.8 Å². The van der Waals surface area contributed by atoms with Gasteiger partial charge in [0.05, 0.1) is 0 Å². The predicted octanol–water partition coefficient (Wildman–Crippen LogP) is 3.90. The molecule has 0 aliphatic heterocycles. The molecule has 0 saturated carbocycles. The second kappa shape index (κ2) is 7.11. The summed E-state index contributed by atoms with van der Waals surface area (Å²) in [5, 5.41) is 0.585. The Morgan fingerprint density at radius 2 is 2.17 bits per heavy atom. The Hall–Kier alpha value is -0.560. The first kappa shape index (κ1) is 11.4. The summed E-state index contributed by atoms with van der Waals surface area (Å²) in [7, 11) is 0. The minimum Gasteiger partial charge on any atom is -0.245 e. The van der Waals surface area contributed by atoms with Crippen molar-refractivity contribution in [2.75, 3.05) is 0 Å². The number of hydrogen-bond acceptors (Lipinski definition) is 1. The number of halogens is 1. The van der Waals surface area contributed by atoms with E-state index >= 15 is 0 Å². The lowest BCUT2D eigenvalue weighted by Crippen LogP contribution is -1.88. The first-order valence-electron chi connectivity index (χ1n) is 4.24. The van der Waals surface area contributed by atoms with Crippen LogP contribution in [0.15, 0.2) is 28.9 Å². The molecule has 1 nitrogen and oxygen atoms in total. The monoisotopic (exact) mass is 185 g/mol. The summed E-state index contributed by atoms with van der Waals surface area (Å²) in [5.74, 6) is 0. The fraction of sp³-hybridized carbons (Fsp3) is 0.500. The van der Waals surface area contributed by atoms with E-state index in [1.807, 2.05) is 19.9 Å². The summed E-state index contributed by atoms with van der Waals surface area (Å²) in [6.45, 7) is 6.03. The minimum atomic E-state index is 0.585. The van der Waals surface area contributed by atoms with Crippen LogP contribution in [0.2, 0.25) is 0 Å². The Morgan fingerprint density at radius 1 is 1.50 bits per heavy atom. The second-order valence-corrected chi connectivity index (χ2v) is 2.94. The van der Waals surface area contributed by atoms with Gasteiger partial charge in [0, 0.05) is 6.20 Å². The van der Waals surface area contributed by atoms with Gasteiger partial charge in [0.1, 0.15) is 5.17 Å². The van der Waals surface area contributed by atoms with Crippen molar-refractivity contribution in [3.05, 3.63) is 23.9 Å². The van der Waals surface area contributed by atoms with Crippen molar-refractivity contribution >= 4 is 16.8 Å². The number of rotatable bonds is 4. The minimum absolute atomic E-state index is 0.585. The number of hydrogen-bond donors (Lipinski definition) is 0. The number of unbranched alkanes of at least 4 members (excludes halogenated alkanes) is 1. The Kier molecular flexibility index (Phi) is 6.78. The molecule has 68 valence electrons. The smallest absolute Gasteiger partial charge is 0.131 e. The van der Waals surface area contributed by atoms with Crippen molar-refractivity contribution in [1.82, 2.24) is 0 Å². The van der Waals surface area contributed by atoms with Crippen molar-refractivity contribution in [2.24, 2.45) is 4.99 Å². The topological polar surface area (TPSA) is 12.4 Å². The molecule has 0 fully saturated rings. The highest BCUT2D eigenvalue weighted by molar-refractivity contribution is 6.69. The zero-order valence-electron chi connectivity index (χ0n) is 7.97. The largest absolute Gasteiger partial charge is 0.245 e. The van der Waals surface area contributed by atoms with E-state index in [0.29, 0.717) is 5.17 Å². The van der Waals surface area contributed by atoms with Crippen LogP contribution in [0.3, 0.4) is 0 Å². The van der Waals surface area contributed by atoms with Gasteiger partial charge in [-0.05, 0) is 25.8 Å². The van der Waals surface area contributed by atoms with E-state index in [1.165, 1.54) is 0 Å². The molecule has 0 aliphatic carbocycles. The van der Waals surface area contributed by atoms with Gasteiger partial charge in [-0.15, -0.1) is 0 Å². The first-order chi connectivity index (χ1) is 5.72. The zero-order chi connectivity index (χ0) is 9.40. The van der Waals surface area contributed by atoms with Gasteiger partial charge in [0.15, 0.2) is 0 Å². The summed E-state index contributed by atoms with van der Waals surface area (Å²) >= 11 is 5.88. The molecule has 0 aromatic heterocycles. The van der Waals surface area contributed by atoms with Gasteiger partial charge < -0.3 is 0 Å². The third kappa shape index (κ3) is 5.14. The normalized spacial score (nSPS) is 14.3. The highest BCUT2D eigenvalue weighted by Gasteiger charge is 1.93. The van der Waals surface area contributed by atoms with Gasteiger partial charge in [0.2, 0.25) is 0 Å². The SMILES string of the molecule is C\C=C/N=C(Cl)\C(C)=C\CCC. The molecule has 0 atom stereocenters. The molecule has 12 heavy (non-hydrogen) atoms. The van der Waals surface area contributed by atoms with Crippen LogP contribution in [0.1, 0.15) is 33.6 Å². The molecule has 0 aromatic carbocycles. The number of aliphatic imine (C=N–C) groups is 1. The van der Waals surface area contributed by atoms with Gasteiger partial charge in [-0.2, -0.15) is 0 Å². The lowest BCUT2D eigenvalue weighted by molar-refractivity contribution is 0.954.